The highest BCUT2D eigenvalue weighted by Crippen LogP contribution is 2.43. The van der Waals surface area contributed by atoms with Gasteiger partial charge in [-0.15, -0.1) is 0 Å². The first-order chi connectivity index (χ1) is 6.56. The number of benzene rings is 1. The van der Waals surface area contributed by atoms with E-state index in [1.165, 1.54) is 6.07 Å². The van der Waals surface area contributed by atoms with Crippen molar-refractivity contribution >= 4 is 0 Å². The van der Waals surface area contributed by atoms with Crippen LogP contribution in [-0.2, 0) is 11.8 Å². The Morgan fingerprint density at radius 3 is 2.71 bits per heavy atom. The van der Waals surface area contributed by atoms with Crippen LogP contribution in [0.5, 0.6) is 5.75 Å². The maximum absolute atomic E-state index is 13.6. The minimum atomic E-state index is -0.0942. The van der Waals surface area contributed by atoms with Gasteiger partial charge in [0.15, 0.2) is 0 Å². The summed E-state index contributed by atoms with van der Waals surface area (Å²) in [5.41, 5.74) is 1.85. The lowest BCUT2D eigenvalue weighted by molar-refractivity contribution is 0.408. The third-order valence-electron chi connectivity index (χ3n) is 3.12. The van der Waals surface area contributed by atoms with Gasteiger partial charge in [-0.05, 0) is 30.4 Å². The van der Waals surface area contributed by atoms with Crippen LogP contribution in [0.2, 0.25) is 0 Å². The third-order valence-corrected chi connectivity index (χ3v) is 3.12. The van der Waals surface area contributed by atoms with Crippen LogP contribution in [0.25, 0.3) is 0 Å². The minimum Gasteiger partial charge on any atom is -0.496 e. The predicted octanol–water partition coefficient (Wildman–Crippen LogP) is 3.06. The monoisotopic (exact) mass is 194 g/mol. The molecule has 14 heavy (non-hydrogen) atoms. The fourth-order valence-corrected chi connectivity index (χ4v) is 2.33. The minimum absolute atomic E-state index is 0.0477. The van der Waals surface area contributed by atoms with Crippen molar-refractivity contribution in [2.75, 3.05) is 7.11 Å². The Bertz CT molecular complexity index is 369. The van der Waals surface area contributed by atoms with Gasteiger partial charge in [0, 0.05) is 11.1 Å². The Kier molecular flexibility index (Phi) is 2.02. The number of rotatable bonds is 1. The molecule has 0 bridgehead atoms. The quantitative estimate of drug-likeness (QED) is 0.667. The Hall–Kier alpha value is -1.05. The van der Waals surface area contributed by atoms with Crippen LogP contribution in [0.4, 0.5) is 4.39 Å². The summed E-state index contributed by atoms with van der Waals surface area (Å²) in [4.78, 5) is 0. The van der Waals surface area contributed by atoms with Crippen LogP contribution in [0.15, 0.2) is 12.1 Å². The van der Waals surface area contributed by atoms with Crippen molar-refractivity contribution in [3.05, 3.63) is 29.1 Å². The Balaban J connectivity index is 2.65. The fraction of sp³-hybridized carbons (Fsp3) is 0.500. The van der Waals surface area contributed by atoms with Crippen LogP contribution in [0.3, 0.4) is 0 Å². The smallest absolute Gasteiger partial charge is 0.127 e. The zero-order chi connectivity index (χ0) is 10.3. The van der Waals surface area contributed by atoms with Crippen molar-refractivity contribution < 1.29 is 9.13 Å². The molecule has 0 heterocycles. The van der Waals surface area contributed by atoms with Crippen molar-refractivity contribution in [1.82, 2.24) is 0 Å². The molecule has 1 aliphatic rings. The SMILES string of the molecule is COc1ccc(F)c2c1CCC2(C)C. The van der Waals surface area contributed by atoms with Crippen molar-refractivity contribution in [2.45, 2.75) is 32.1 Å². The molecule has 0 radical (unpaired) electrons. The molecule has 0 amide bonds. The first-order valence-corrected chi connectivity index (χ1v) is 4.92. The van der Waals surface area contributed by atoms with Crippen molar-refractivity contribution in [2.24, 2.45) is 0 Å². The summed E-state index contributed by atoms with van der Waals surface area (Å²) in [5, 5.41) is 0. The lowest BCUT2D eigenvalue weighted by Crippen LogP contribution is -2.14. The van der Waals surface area contributed by atoms with Gasteiger partial charge in [-0.25, -0.2) is 4.39 Å². The van der Waals surface area contributed by atoms with E-state index in [2.05, 4.69) is 13.8 Å². The van der Waals surface area contributed by atoms with E-state index >= 15 is 0 Å². The van der Waals surface area contributed by atoms with Gasteiger partial charge in [-0.1, -0.05) is 13.8 Å². The van der Waals surface area contributed by atoms with E-state index < -0.39 is 0 Å². The van der Waals surface area contributed by atoms with Gasteiger partial charge in [0.1, 0.15) is 11.6 Å². The molecule has 2 rings (SSSR count). The van der Waals surface area contributed by atoms with Crippen molar-refractivity contribution in [1.29, 1.82) is 0 Å². The molecule has 0 aliphatic heterocycles. The van der Waals surface area contributed by atoms with E-state index in [0.717, 1.165) is 29.7 Å². The Labute approximate surface area is 83.9 Å². The third kappa shape index (κ3) is 1.21. The summed E-state index contributed by atoms with van der Waals surface area (Å²) in [6, 6.07) is 3.22. The van der Waals surface area contributed by atoms with Gasteiger partial charge in [0.2, 0.25) is 0 Å². The maximum atomic E-state index is 13.6. The molecule has 1 aliphatic carbocycles. The second kappa shape index (κ2) is 2.97. The predicted molar refractivity (Wildman–Crippen MR) is 54.3 cm³/mol. The van der Waals surface area contributed by atoms with Crippen LogP contribution in [-0.4, -0.2) is 7.11 Å². The lowest BCUT2D eigenvalue weighted by Gasteiger charge is -2.19. The van der Waals surface area contributed by atoms with Crippen LogP contribution in [0.1, 0.15) is 31.4 Å². The molecule has 0 fully saturated rings. The molecule has 0 atom stereocenters. The highest BCUT2D eigenvalue weighted by Gasteiger charge is 2.34. The molecular formula is C12H15FO. The van der Waals surface area contributed by atoms with E-state index in [-0.39, 0.29) is 11.2 Å². The number of hydrogen-bond donors (Lipinski definition) is 0. The van der Waals surface area contributed by atoms with Gasteiger partial charge in [-0.2, -0.15) is 0 Å². The zero-order valence-corrected chi connectivity index (χ0v) is 8.86. The summed E-state index contributed by atoms with van der Waals surface area (Å²) < 4.78 is 18.9. The van der Waals surface area contributed by atoms with Gasteiger partial charge < -0.3 is 4.74 Å². The van der Waals surface area contributed by atoms with Gasteiger partial charge >= 0.3 is 0 Å². The second-order valence-corrected chi connectivity index (χ2v) is 4.49. The van der Waals surface area contributed by atoms with E-state index in [1.54, 1.807) is 13.2 Å². The molecule has 0 unspecified atom stereocenters. The Morgan fingerprint density at radius 1 is 1.36 bits per heavy atom. The van der Waals surface area contributed by atoms with E-state index in [4.69, 9.17) is 4.74 Å². The van der Waals surface area contributed by atoms with Gasteiger partial charge in [-0.3, -0.25) is 0 Å². The topological polar surface area (TPSA) is 9.23 Å². The average molecular weight is 194 g/mol. The molecular weight excluding hydrogens is 179 g/mol. The van der Waals surface area contributed by atoms with Crippen LogP contribution >= 0.6 is 0 Å². The number of halogens is 1. The van der Waals surface area contributed by atoms with E-state index in [1.807, 2.05) is 0 Å². The molecule has 0 N–H and O–H groups in total. The number of ether oxygens (including phenoxy) is 1. The molecule has 0 spiro atoms. The largest absolute Gasteiger partial charge is 0.496 e. The molecule has 1 aromatic carbocycles. The maximum Gasteiger partial charge on any atom is 0.127 e. The zero-order valence-electron chi connectivity index (χ0n) is 8.86. The van der Waals surface area contributed by atoms with E-state index in [0.29, 0.717) is 0 Å². The second-order valence-electron chi connectivity index (χ2n) is 4.49. The van der Waals surface area contributed by atoms with Crippen molar-refractivity contribution in [3.8, 4) is 5.75 Å². The molecule has 1 nitrogen and oxygen atoms in total. The van der Waals surface area contributed by atoms with Crippen LogP contribution in [0, 0.1) is 5.82 Å². The van der Waals surface area contributed by atoms with Crippen LogP contribution < -0.4 is 4.74 Å². The Morgan fingerprint density at radius 2 is 2.07 bits per heavy atom. The van der Waals surface area contributed by atoms with Gasteiger partial charge in [0.25, 0.3) is 0 Å². The molecule has 76 valence electrons. The summed E-state index contributed by atoms with van der Waals surface area (Å²) >= 11 is 0. The summed E-state index contributed by atoms with van der Waals surface area (Å²) in [5.74, 6) is 0.732. The summed E-state index contributed by atoms with van der Waals surface area (Å²) in [7, 11) is 1.64. The van der Waals surface area contributed by atoms with Crippen molar-refractivity contribution in [3.63, 3.8) is 0 Å². The number of fused-ring (bicyclic) bond motifs is 1. The highest BCUT2D eigenvalue weighted by atomic mass is 19.1. The standard InChI is InChI=1S/C12H15FO/c1-12(2)7-6-8-10(14-3)5-4-9(13)11(8)12/h4-5H,6-7H2,1-3H3. The molecule has 2 heteroatoms. The molecule has 0 aromatic heterocycles. The first-order valence-electron chi connectivity index (χ1n) is 4.92. The van der Waals surface area contributed by atoms with Gasteiger partial charge in [0.05, 0.1) is 7.11 Å². The number of hydrogen-bond acceptors (Lipinski definition) is 1. The molecule has 0 saturated carbocycles. The fourth-order valence-electron chi connectivity index (χ4n) is 2.33. The normalized spacial score (nSPS) is 18.0. The average Bonchev–Trinajstić information content (AvgIpc) is 2.44. The molecule has 1 aromatic rings. The molecule has 0 saturated heterocycles. The first kappa shape index (κ1) is 9.50. The highest BCUT2D eigenvalue weighted by molar-refractivity contribution is 5.48. The summed E-state index contributed by atoms with van der Waals surface area (Å²) in [6.45, 7) is 4.17. The summed E-state index contributed by atoms with van der Waals surface area (Å²) in [6.07, 6.45) is 1.92. The lowest BCUT2D eigenvalue weighted by atomic mass is 9.86. The number of methoxy groups -OCH3 is 1. The van der Waals surface area contributed by atoms with E-state index in [9.17, 15) is 4.39 Å².